The summed E-state index contributed by atoms with van der Waals surface area (Å²) in [6.45, 7) is 2.57. The zero-order chi connectivity index (χ0) is 10.6. The lowest BCUT2D eigenvalue weighted by Crippen LogP contribution is -2.16. The van der Waals surface area contributed by atoms with E-state index in [4.69, 9.17) is 10.5 Å². The summed E-state index contributed by atoms with van der Waals surface area (Å²) in [5.74, 6) is 0. The predicted octanol–water partition coefficient (Wildman–Crippen LogP) is 2.44. The molecule has 3 heteroatoms. The van der Waals surface area contributed by atoms with Crippen molar-refractivity contribution < 1.29 is 4.74 Å². The summed E-state index contributed by atoms with van der Waals surface area (Å²) >= 11 is 1.81. The monoisotopic (exact) mass is 225 g/mol. The van der Waals surface area contributed by atoms with E-state index in [-0.39, 0.29) is 0 Å². The third kappa shape index (κ3) is 3.30. The Labute approximate surface area is 95.4 Å². The van der Waals surface area contributed by atoms with Crippen LogP contribution in [0.5, 0.6) is 0 Å². The van der Waals surface area contributed by atoms with Gasteiger partial charge in [0.25, 0.3) is 0 Å². The molecular weight excluding hydrogens is 206 g/mol. The summed E-state index contributed by atoms with van der Waals surface area (Å²) in [4.78, 5) is 1.42. The molecular formula is C12H19NOS. The van der Waals surface area contributed by atoms with Crippen LogP contribution in [0.3, 0.4) is 0 Å². The smallest absolute Gasteiger partial charge is 0.0523 e. The maximum absolute atomic E-state index is 5.74. The molecule has 1 aromatic rings. The minimum atomic E-state index is 0.462. The van der Waals surface area contributed by atoms with Crippen molar-refractivity contribution in [3.8, 4) is 0 Å². The van der Waals surface area contributed by atoms with Crippen LogP contribution < -0.4 is 5.73 Å². The van der Waals surface area contributed by atoms with Crippen molar-refractivity contribution in [3.63, 3.8) is 0 Å². The molecule has 1 saturated carbocycles. The average molecular weight is 225 g/mol. The van der Waals surface area contributed by atoms with Crippen LogP contribution in [0.15, 0.2) is 17.5 Å². The molecule has 2 N–H and O–H groups in total. The highest BCUT2D eigenvalue weighted by atomic mass is 32.1. The second-order valence-corrected chi connectivity index (χ2v) is 5.45. The summed E-state index contributed by atoms with van der Waals surface area (Å²) in [6, 6.07) is 4.26. The van der Waals surface area contributed by atoms with E-state index in [0.717, 1.165) is 32.6 Å². The molecule has 0 atom stereocenters. The Bertz CT molecular complexity index is 280. The number of hydrogen-bond acceptors (Lipinski definition) is 3. The molecule has 1 aliphatic rings. The fourth-order valence-electron chi connectivity index (χ4n) is 1.87. The van der Waals surface area contributed by atoms with Crippen molar-refractivity contribution in [3.05, 3.63) is 22.4 Å². The largest absolute Gasteiger partial charge is 0.380 e. The fourth-order valence-corrected chi connectivity index (χ4v) is 2.56. The van der Waals surface area contributed by atoms with E-state index in [1.54, 1.807) is 11.3 Å². The lowest BCUT2D eigenvalue weighted by Gasteiger charge is -2.13. The van der Waals surface area contributed by atoms with Crippen LogP contribution in [0.4, 0.5) is 0 Å². The van der Waals surface area contributed by atoms with E-state index < -0.39 is 0 Å². The van der Waals surface area contributed by atoms with Gasteiger partial charge in [-0.25, -0.2) is 0 Å². The first-order valence-corrected chi connectivity index (χ1v) is 6.53. The fraction of sp³-hybridized carbons (Fsp3) is 0.667. The first-order chi connectivity index (χ1) is 7.35. The zero-order valence-corrected chi connectivity index (χ0v) is 9.89. The summed E-state index contributed by atoms with van der Waals surface area (Å²) in [6.07, 6.45) is 4.80. The molecule has 2 nitrogen and oxygen atoms in total. The molecule has 0 unspecified atom stereocenters. The zero-order valence-electron chi connectivity index (χ0n) is 9.08. The van der Waals surface area contributed by atoms with Crippen LogP contribution in [0.2, 0.25) is 0 Å². The van der Waals surface area contributed by atoms with Gasteiger partial charge in [-0.15, -0.1) is 11.3 Å². The summed E-state index contributed by atoms with van der Waals surface area (Å²) in [7, 11) is 0. The summed E-state index contributed by atoms with van der Waals surface area (Å²) < 4.78 is 5.74. The van der Waals surface area contributed by atoms with Gasteiger partial charge >= 0.3 is 0 Å². The van der Waals surface area contributed by atoms with Gasteiger partial charge in [-0.1, -0.05) is 6.07 Å². The second-order valence-electron chi connectivity index (χ2n) is 4.42. The standard InChI is InChI=1S/C12H19NOS/c13-7-6-12(4-5-12)10-14-8-3-11-2-1-9-15-11/h1-2,9H,3-8,10,13H2. The van der Waals surface area contributed by atoms with Gasteiger partial charge in [0.15, 0.2) is 0 Å². The maximum atomic E-state index is 5.74. The molecule has 0 aromatic carbocycles. The Hall–Kier alpha value is -0.380. The molecule has 0 spiro atoms. The van der Waals surface area contributed by atoms with Crippen molar-refractivity contribution in [1.29, 1.82) is 0 Å². The Balaban J connectivity index is 1.59. The Morgan fingerprint density at radius 3 is 2.93 bits per heavy atom. The molecule has 0 aliphatic heterocycles. The van der Waals surface area contributed by atoms with E-state index in [1.165, 1.54) is 17.7 Å². The second kappa shape index (κ2) is 5.10. The van der Waals surface area contributed by atoms with Crippen molar-refractivity contribution in [1.82, 2.24) is 0 Å². The van der Waals surface area contributed by atoms with Crippen LogP contribution in [0.25, 0.3) is 0 Å². The van der Waals surface area contributed by atoms with Gasteiger partial charge in [-0.05, 0) is 42.7 Å². The number of ether oxygens (including phenoxy) is 1. The highest BCUT2D eigenvalue weighted by Crippen LogP contribution is 2.48. The van der Waals surface area contributed by atoms with Crippen LogP contribution in [0, 0.1) is 5.41 Å². The molecule has 0 saturated heterocycles. The van der Waals surface area contributed by atoms with E-state index in [0.29, 0.717) is 5.41 Å². The lowest BCUT2D eigenvalue weighted by molar-refractivity contribution is 0.0902. The normalized spacial score (nSPS) is 17.9. The first-order valence-electron chi connectivity index (χ1n) is 5.65. The van der Waals surface area contributed by atoms with Crippen molar-refractivity contribution in [2.75, 3.05) is 19.8 Å². The topological polar surface area (TPSA) is 35.2 Å². The molecule has 1 aromatic heterocycles. The summed E-state index contributed by atoms with van der Waals surface area (Å²) in [5.41, 5.74) is 6.04. The van der Waals surface area contributed by atoms with Crippen LogP contribution in [0.1, 0.15) is 24.1 Å². The minimum absolute atomic E-state index is 0.462. The molecule has 1 heterocycles. The molecule has 0 bridgehead atoms. The molecule has 1 aliphatic carbocycles. The minimum Gasteiger partial charge on any atom is -0.380 e. The van der Waals surface area contributed by atoms with Crippen LogP contribution in [-0.2, 0) is 11.2 Å². The van der Waals surface area contributed by atoms with Gasteiger partial charge in [0.2, 0.25) is 0 Å². The SMILES string of the molecule is NCCC1(COCCc2cccs2)CC1. The van der Waals surface area contributed by atoms with Crippen molar-refractivity contribution in [2.45, 2.75) is 25.7 Å². The molecule has 2 rings (SSSR count). The number of rotatable bonds is 7. The van der Waals surface area contributed by atoms with Crippen molar-refractivity contribution in [2.24, 2.45) is 11.1 Å². The number of nitrogens with two attached hydrogens (primary N) is 1. The molecule has 0 radical (unpaired) electrons. The molecule has 15 heavy (non-hydrogen) atoms. The highest BCUT2D eigenvalue weighted by Gasteiger charge is 2.41. The average Bonchev–Trinajstić information content (AvgIpc) is 2.80. The quantitative estimate of drug-likeness (QED) is 0.723. The van der Waals surface area contributed by atoms with E-state index >= 15 is 0 Å². The lowest BCUT2D eigenvalue weighted by atomic mass is 10.0. The van der Waals surface area contributed by atoms with Gasteiger partial charge in [0.05, 0.1) is 13.2 Å². The van der Waals surface area contributed by atoms with Gasteiger partial charge < -0.3 is 10.5 Å². The van der Waals surface area contributed by atoms with Gasteiger partial charge in [0.1, 0.15) is 0 Å². The Kier molecular flexibility index (Phi) is 3.78. The Morgan fingerprint density at radius 1 is 1.47 bits per heavy atom. The van der Waals surface area contributed by atoms with Gasteiger partial charge in [-0.2, -0.15) is 0 Å². The van der Waals surface area contributed by atoms with Crippen LogP contribution in [-0.4, -0.2) is 19.8 Å². The highest BCUT2D eigenvalue weighted by molar-refractivity contribution is 7.09. The van der Waals surface area contributed by atoms with Gasteiger partial charge in [-0.3, -0.25) is 0 Å². The molecule has 1 fully saturated rings. The number of thiophene rings is 1. The molecule has 0 amide bonds. The maximum Gasteiger partial charge on any atom is 0.0523 e. The van der Waals surface area contributed by atoms with E-state index in [9.17, 15) is 0 Å². The van der Waals surface area contributed by atoms with E-state index in [2.05, 4.69) is 17.5 Å². The third-order valence-corrected chi connectivity index (χ3v) is 4.05. The predicted molar refractivity (Wildman–Crippen MR) is 64.2 cm³/mol. The third-order valence-electron chi connectivity index (χ3n) is 3.11. The number of hydrogen-bond donors (Lipinski definition) is 1. The van der Waals surface area contributed by atoms with Crippen molar-refractivity contribution >= 4 is 11.3 Å². The molecule has 84 valence electrons. The van der Waals surface area contributed by atoms with Crippen LogP contribution >= 0.6 is 11.3 Å². The summed E-state index contributed by atoms with van der Waals surface area (Å²) in [5, 5.41) is 2.12. The first kappa shape index (κ1) is 11.1. The van der Waals surface area contributed by atoms with Gasteiger partial charge in [0, 0.05) is 11.3 Å². The Morgan fingerprint density at radius 2 is 2.33 bits per heavy atom. The van der Waals surface area contributed by atoms with E-state index in [1.807, 2.05) is 0 Å².